The molecule has 7 nitrogen and oxygen atoms in total. The summed E-state index contributed by atoms with van der Waals surface area (Å²) in [6, 6.07) is 7.73. The fourth-order valence-electron chi connectivity index (χ4n) is 4.05. The number of amides is 1. The zero-order valence-corrected chi connectivity index (χ0v) is 15.5. The van der Waals surface area contributed by atoms with E-state index in [1.165, 1.54) is 0 Å². The number of rotatable bonds is 6. The lowest BCUT2D eigenvalue weighted by atomic mass is 10.1. The van der Waals surface area contributed by atoms with Crippen LogP contribution in [0.4, 0.5) is 5.69 Å². The Kier molecular flexibility index (Phi) is 4.33. The van der Waals surface area contributed by atoms with Crippen molar-refractivity contribution in [2.45, 2.75) is 31.1 Å². The molecular weight excluding hydrogens is 356 g/mol. The molecule has 2 aromatic rings. The van der Waals surface area contributed by atoms with E-state index in [-0.39, 0.29) is 11.8 Å². The van der Waals surface area contributed by atoms with Crippen LogP contribution in [0, 0.1) is 0 Å². The first kappa shape index (κ1) is 17.3. The number of hydrogen-bond donors (Lipinski definition) is 0. The number of fused-ring (bicyclic) bond motifs is 2. The van der Waals surface area contributed by atoms with Gasteiger partial charge in [-0.05, 0) is 18.9 Å². The van der Waals surface area contributed by atoms with Gasteiger partial charge in [-0.1, -0.05) is 47.7 Å². The van der Waals surface area contributed by atoms with Crippen molar-refractivity contribution in [2.24, 2.45) is 0 Å². The summed E-state index contributed by atoms with van der Waals surface area (Å²) >= 11 is 0. The Hall–Kier alpha value is -2.77. The molecule has 1 fully saturated rings. The van der Waals surface area contributed by atoms with E-state index in [0.717, 1.165) is 36.3 Å². The standard InChI is InChI=1S/C21H22N4O3/c26-20-21(27-13-14-28-21)17-9-3-4-10-19(17)25(20)12-6-5-11-24-15-18(22-23-24)16-7-1-2-8-16/h1-4,7-10,15-16H,5-6,11-14H2. The number of carbonyl (C=O) groups is 1. The molecule has 3 aliphatic rings. The van der Waals surface area contributed by atoms with Crippen LogP contribution in [0.25, 0.3) is 0 Å². The molecule has 1 spiro atoms. The van der Waals surface area contributed by atoms with Gasteiger partial charge in [-0.3, -0.25) is 9.48 Å². The van der Waals surface area contributed by atoms with E-state index in [1.807, 2.05) is 47.3 Å². The van der Waals surface area contributed by atoms with Crippen LogP contribution in [-0.2, 0) is 26.6 Å². The lowest BCUT2D eigenvalue weighted by Gasteiger charge is -2.22. The van der Waals surface area contributed by atoms with E-state index in [9.17, 15) is 4.79 Å². The van der Waals surface area contributed by atoms with E-state index in [2.05, 4.69) is 22.5 Å². The van der Waals surface area contributed by atoms with Crippen molar-refractivity contribution in [1.82, 2.24) is 15.0 Å². The van der Waals surface area contributed by atoms with Gasteiger partial charge in [-0.2, -0.15) is 0 Å². The summed E-state index contributed by atoms with van der Waals surface area (Å²) in [5.41, 5.74) is 2.67. The fraction of sp³-hybridized carbons (Fsp3) is 0.381. The number of benzene rings is 1. The summed E-state index contributed by atoms with van der Waals surface area (Å²) in [5.74, 6) is -1.12. The largest absolute Gasteiger partial charge is 0.336 e. The van der Waals surface area contributed by atoms with Crippen molar-refractivity contribution in [2.75, 3.05) is 24.7 Å². The van der Waals surface area contributed by atoms with Crippen molar-refractivity contribution < 1.29 is 14.3 Å². The van der Waals surface area contributed by atoms with Crippen LogP contribution in [0.5, 0.6) is 0 Å². The molecule has 144 valence electrons. The second-order valence-electron chi connectivity index (χ2n) is 7.20. The first-order valence-corrected chi connectivity index (χ1v) is 9.72. The van der Waals surface area contributed by atoms with Gasteiger partial charge in [0.1, 0.15) is 0 Å². The number of aromatic nitrogens is 3. The molecule has 0 saturated carbocycles. The average molecular weight is 378 g/mol. The normalized spacial score (nSPS) is 20.0. The zero-order valence-electron chi connectivity index (χ0n) is 15.5. The van der Waals surface area contributed by atoms with Crippen LogP contribution >= 0.6 is 0 Å². The van der Waals surface area contributed by atoms with Gasteiger partial charge < -0.3 is 14.4 Å². The monoisotopic (exact) mass is 378 g/mol. The third-order valence-corrected chi connectivity index (χ3v) is 5.43. The lowest BCUT2D eigenvalue weighted by Crippen LogP contribution is -2.41. The second-order valence-corrected chi connectivity index (χ2v) is 7.20. The van der Waals surface area contributed by atoms with Gasteiger partial charge in [-0.15, -0.1) is 5.10 Å². The number of anilines is 1. The molecule has 7 heteroatoms. The molecular formula is C21H22N4O3. The molecule has 0 atom stereocenters. The van der Waals surface area contributed by atoms with E-state index < -0.39 is 5.79 Å². The van der Waals surface area contributed by atoms with Gasteiger partial charge in [0.05, 0.1) is 24.6 Å². The van der Waals surface area contributed by atoms with Crippen LogP contribution in [0.2, 0.25) is 0 Å². The smallest absolute Gasteiger partial charge is 0.292 e. The molecule has 5 rings (SSSR count). The third kappa shape index (κ3) is 2.78. The molecule has 0 radical (unpaired) electrons. The maximum atomic E-state index is 13.0. The minimum atomic E-state index is -1.24. The second kappa shape index (κ2) is 7.00. The molecule has 28 heavy (non-hydrogen) atoms. The van der Waals surface area contributed by atoms with Crippen LogP contribution < -0.4 is 4.90 Å². The minimum Gasteiger partial charge on any atom is -0.336 e. The Balaban J connectivity index is 1.21. The fourth-order valence-corrected chi connectivity index (χ4v) is 4.05. The van der Waals surface area contributed by atoms with Crippen LogP contribution in [0.3, 0.4) is 0 Å². The average Bonchev–Trinajstić information content (AvgIpc) is 3.51. The Labute approximate surface area is 163 Å². The van der Waals surface area contributed by atoms with Crippen molar-refractivity contribution in [1.29, 1.82) is 0 Å². The summed E-state index contributed by atoms with van der Waals surface area (Å²) in [6.45, 7) is 2.27. The number of para-hydroxylation sites is 1. The Bertz CT molecular complexity index is 931. The quantitative estimate of drug-likeness (QED) is 0.723. The van der Waals surface area contributed by atoms with Crippen molar-refractivity contribution in [3.63, 3.8) is 0 Å². The molecule has 2 aliphatic heterocycles. The van der Waals surface area contributed by atoms with Crippen molar-refractivity contribution in [3.8, 4) is 0 Å². The molecule has 1 aromatic heterocycles. The zero-order chi connectivity index (χ0) is 19.0. The predicted molar refractivity (Wildman–Crippen MR) is 103 cm³/mol. The van der Waals surface area contributed by atoms with E-state index >= 15 is 0 Å². The number of nitrogens with zero attached hydrogens (tertiary/aromatic N) is 4. The molecule has 3 heterocycles. The van der Waals surface area contributed by atoms with Crippen LogP contribution in [-0.4, -0.2) is 40.7 Å². The molecule has 1 amide bonds. The molecule has 1 aliphatic carbocycles. The minimum absolute atomic E-state index is 0.117. The third-order valence-electron chi connectivity index (χ3n) is 5.43. The van der Waals surface area contributed by atoms with Gasteiger partial charge in [0.2, 0.25) is 0 Å². The molecule has 0 bridgehead atoms. The van der Waals surface area contributed by atoms with E-state index in [0.29, 0.717) is 19.8 Å². The number of hydrogen-bond acceptors (Lipinski definition) is 5. The summed E-state index contributed by atoms with van der Waals surface area (Å²) in [4.78, 5) is 14.8. The number of ether oxygens (including phenoxy) is 2. The number of allylic oxidation sites excluding steroid dienone is 4. The van der Waals surface area contributed by atoms with Gasteiger partial charge in [0, 0.05) is 30.8 Å². The molecule has 0 N–H and O–H groups in total. The highest BCUT2D eigenvalue weighted by Crippen LogP contribution is 2.45. The first-order valence-electron chi connectivity index (χ1n) is 9.72. The summed E-state index contributed by atoms with van der Waals surface area (Å²) in [7, 11) is 0. The number of carbonyl (C=O) groups excluding carboxylic acids is 1. The Morgan fingerprint density at radius 1 is 1.07 bits per heavy atom. The van der Waals surface area contributed by atoms with Crippen LogP contribution in [0.15, 0.2) is 54.8 Å². The maximum Gasteiger partial charge on any atom is 0.292 e. The summed E-state index contributed by atoms with van der Waals surface area (Å²) in [5, 5.41) is 8.47. The highest BCUT2D eigenvalue weighted by molar-refractivity contribution is 6.06. The van der Waals surface area contributed by atoms with Crippen LogP contribution in [0.1, 0.15) is 30.0 Å². The highest BCUT2D eigenvalue weighted by Gasteiger charge is 2.55. The SMILES string of the molecule is O=C1N(CCCCn2cc(C3C=CC=C3)nn2)c2ccccc2C12OCCO2. The molecule has 1 aromatic carbocycles. The summed E-state index contributed by atoms with van der Waals surface area (Å²) < 4.78 is 13.4. The van der Waals surface area contributed by atoms with Gasteiger partial charge >= 0.3 is 0 Å². The lowest BCUT2D eigenvalue weighted by molar-refractivity contribution is -0.180. The predicted octanol–water partition coefficient (Wildman–Crippen LogP) is 2.51. The van der Waals surface area contributed by atoms with Crippen molar-refractivity contribution >= 4 is 11.6 Å². The number of aryl methyl sites for hydroxylation is 1. The Morgan fingerprint density at radius 3 is 2.64 bits per heavy atom. The topological polar surface area (TPSA) is 69.5 Å². The number of unbranched alkanes of at least 4 members (excludes halogenated alkanes) is 1. The molecule has 1 saturated heterocycles. The first-order chi connectivity index (χ1) is 13.8. The highest BCUT2D eigenvalue weighted by atomic mass is 16.7. The van der Waals surface area contributed by atoms with E-state index in [1.54, 1.807) is 4.90 Å². The van der Waals surface area contributed by atoms with Gasteiger partial charge in [-0.25, -0.2) is 0 Å². The van der Waals surface area contributed by atoms with Gasteiger partial charge in [0.25, 0.3) is 11.7 Å². The van der Waals surface area contributed by atoms with Crippen molar-refractivity contribution in [3.05, 3.63) is 66.0 Å². The van der Waals surface area contributed by atoms with Gasteiger partial charge in [0.15, 0.2) is 0 Å². The maximum absolute atomic E-state index is 13.0. The Morgan fingerprint density at radius 2 is 1.82 bits per heavy atom. The van der Waals surface area contributed by atoms with E-state index in [4.69, 9.17) is 9.47 Å². The summed E-state index contributed by atoms with van der Waals surface area (Å²) in [6.07, 6.45) is 12.0. The molecule has 0 unspecified atom stereocenters.